The summed E-state index contributed by atoms with van der Waals surface area (Å²) in [6.45, 7) is 2.47. The van der Waals surface area contributed by atoms with E-state index in [2.05, 4.69) is 19.1 Å². The van der Waals surface area contributed by atoms with Crippen molar-refractivity contribution >= 4 is 23.5 Å². The zero-order valence-electron chi connectivity index (χ0n) is 18.0. The minimum absolute atomic E-state index is 0.144. The third kappa shape index (κ3) is 4.41. The van der Waals surface area contributed by atoms with Crippen LogP contribution in [0, 0.1) is 11.8 Å². The molecule has 2 aliphatic rings. The maximum atomic E-state index is 13.2. The Morgan fingerprint density at radius 1 is 0.968 bits per heavy atom. The van der Waals surface area contributed by atoms with Crippen LogP contribution in [-0.4, -0.2) is 24.4 Å². The van der Waals surface area contributed by atoms with Crippen LogP contribution in [0.1, 0.15) is 67.3 Å². The maximum absolute atomic E-state index is 13.2. The molecule has 2 aromatic carbocycles. The molecule has 2 fully saturated rings. The average molecular weight is 420 g/mol. The molecular formula is C26H29NO4. The van der Waals surface area contributed by atoms with Gasteiger partial charge in [-0.3, -0.25) is 14.5 Å². The van der Waals surface area contributed by atoms with Crippen molar-refractivity contribution in [2.75, 3.05) is 11.5 Å². The molecule has 0 aromatic heterocycles. The summed E-state index contributed by atoms with van der Waals surface area (Å²) in [7, 11) is 0. The number of hydrogen-bond donors (Lipinski definition) is 0. The number of unbranched alkanes of at least 4 members (excludes halogenated alkanes) is 2. The fourth-order valence-electron chi connectivity index (χ4n) is 4.83. The van der Waals surface area contributed by atoms with Gasteiger partial charge in [0.15, 0.2) is 0 Å². The van der Waals surface area contributed by atoms with Gasteiger partial charge in [-0.2, -0.15) is 0 Å². The van der Waals surface area contributed by atoms with Crippen LogP contribution in [-0.2, 0) is 14.3 Å². The van der Waals surface area contributed by atoms with Gasteiger partial charge < -0.3 is 4.74 Å². The summed E-state index contributed by atoms with van der Waals surface area (Å²) in [6, 6.07) is 16.9. The van der Waals surface area contributed by atoms with Crippen molar-refractivity contribution in [1.29, 1.82) is 0 Å². The van der Waals surface area contributed by atoms with Crippen LogP contribution in [0.5, 0.6) is 0 Å². The summed E-state index contributed by atoms with van der Waals surface area (Å²) in [6.07, 6.45) is 5.20. The van der Waals surface area contributed by atoms with Crippen molar-refractivity contribution in [2.24, 2.45) is 11.8 Å². The maximum Gasteiger partial charge on any atom is 0.338 e. The lowest BCUT2D eigenvalue weighted by Crippen LogP contribution is -2.31. The highest BCUT2D eigenvalue weighted by Crippen LogP contribution is 2.45. The molecule has 31 heavy (non-hydrogen) atoms. The number of carbonyl (C=O) groups excluding carboxylic acids is 3. The van der Waals surface area contributed by atoms with Gasteiger partial charge in [-0.05, 0) is 55.4 Å². The molecule has 1 heterocycles. The zero-order valence-corrected chi connectivity index (χ0v) is 18.0. The largest absolute Gasteiger partial charge is 0.462 e. The van der Waals surface area contributed by atoms with Crippen LogP contribution in [0.2, 0.25) is 0 Å². The number of fused-ring (bicyclic) bond motifs is 1. The monoisotopic (exact) mass is 419 g/mol. The van der Waals surface area contributed by atoms with Crippen molar-refractivity contribution in [3.05, 3.63) is 65.7 Å². The summed E-state index contributed by atoms with van der Waals surface area (Å²) in [5.41, 5.74) is 2.06. The second-order valence-corrected chi connectivity index (χ2v) is 8.54. The standard InChI is InChI=1S/C26H29NO4/c1-2-3-7-15-31-26(30)20-11-8-12-21(16-20)27-24(28)22-14-13-19(17-23(22)25(27)29)18-9-5-4-6-10-18/h4-6,8-12,16,19,22-23H,2-3,7,13-15,17H2,1H3/t19-,22-,23-/m1/s1. The molecule has 4 rings (SSSR count). The quantitative estimate of drug-likeness (QED) is 0.356. The highest BCUT2D eigenvalue weighted by atomic mass is 16.5. The lowest BCUT2D eigenvalue weighted by molar-refractivity contribution is -0.122. The number of rotatable bonds is 7. The van der Waals surface area contributed by atoms with Crippen LogP contribution in [0.4, 0.5) is 5.69 Å². The van der Waals surface area contributed by atoms with Crippen LogP contribution in [0.15, 0.2) is 54.6 Å². The molecule has 0 bridgehead atoms. The molecule has 2 aromatic rings. The molecule has 5 heteroatoms. The van der Waals surface area contributed by atoms with Gasteiger partial charge in [0.2, 0.25) is 11.8 Å². The molecule has 2 amide bonds. The van der Waals surface area contributed by atoms with Crippen LogP contribution >= 0.6 is 0 Å². The Kier molecular flexibility index (Phi) is 6.50. The van der Waals surface area contributed by atoms with E-state index in [1.165, 1.54) is 10.5 Å². The molecule has 1 aliphatic heterocycles. The fourth-order valence-corrected chi connectivity index (χ4v) is 4.83. The van der Waals surface area contributed by atoms with Gasteiger partial charge in [0.05, 0.1) is 29.7 Å². The third-order valence-electron chi connectivity index (χ3n) is 6.52. The number of anilines is 1. The molecule has 1 aliphatic carbocycles. The Hall–Kier alpha value is -2.95. The van der Waals surface area contributed by atoms with Gasteiger partial charge in [-0.15, -0.1) is 0 Å². The van der Waals surface area contributed by atoms with E-state index >= 15 is 0 Å². The molecular weight excluding hydrogens is 390 g/mol. The Labute approximate surface area is 183 Å². The normalized spacial score (nSPS) is 23.0. The zero-order chi connectivity index (χ0) is 21.8. The van der Waals surface area contributed by atoms with Gasteiger partial charge in [0, 0.05) is 0 Å². The minimum Gasteiger partial charge on any atom is -0.462 e. The second kappa shape index (κ2) is 9.46. The smallest absolute Gasteiger partial charge is 0.338 e. The second-order valence-electron chi connectivity index (χ2n) is 8.54. The average Bonchev–Trinajstić information content (AvgIpc) is 3.06. The number of amides is 2. The third-order valence-corrected chi connectivity index (χ3v) is 6.52. The first kappa shape index (κ1) is 21.3. The van der Waals surface area contributed by atoms with Crippen LogP contribution < -0.4 is 4.90 Å². The number of benzene rings is 2. The van der Waals surface area contributed by atoms with Crippen LogP contribution in [0.25, 0.3) is 0 Å². The van der Waals surface area contributed by atoms with Gasteiger partial charge in [0.25, 0.3) is 0 Å². The first-order valence-corrected chi connectivity index (χ1v) is 11.3. The van der Waals surface area contributed by atoms with Crippen molar-refractivity contribution < 1.29 is 19.1 Å². The summed E-state index contributed by atoms with van der Waals surface area (Å²) >= 11 is 0. The topological polar surface area (TPSA) is 63.7 Å². The van der Waals surface area contributed by atoms with Gasteiger partial charge in [-0.1, -0.05) is 56.2 Å². The predicted molar refractivity (Wildman–Crippen MR) is 119 cm³/mol. The number of imide groups is 1. The van der Waals surface area contributed by atoms with Crippen molar-refractivity contribution in [3.8, 4) is 0 Å². The van der Waals surface area contributed by atoms with Crippen molar-refractivity contribution in [3.63, 3.8) is 0 Å². The summed E-state index contributed by atoms with van der Waals surface area (Å²) in [4.78, 5) is 40.0. The molecule has 1 saturated carbocycles. The van der Waals surface area contributed by atoms with E-state index in [0.29, 0.717) is 36.6 Å². The number of esters is 1. The Morgan fingerprint density at radius 3 is 2.52 bits per heavy atom. The van der Waals surface area contributed by atoms with Gasteiger partial charge in [-0.25, -0.2) is 4.79 Å². The Balaban J connectivity index is 1.49. The van der Waals surface area contributed by atoms with Gasteiger partial charge >= 0.3 is 5.97 Å². The van der Waals surface area contributed by atoms with E-state index in [1.807, 2.05) is 18.2 Å². The molecule has 3 atom stereocenters. The number of hydrogen-bond acceptors (Lipinski definition) is 4. The Morgan fingerprint density at radius 2 is 1.74 bits per heavy atom. The fraction of sp³-hybridized carbons (Fsp3) is 0.423. The molecule has 0 unspecified atom stereocenters. The summed E-state index contributed by atoms with van der Waals surface area (Å²) in [5, 5.41) is 0. The Bertz CT molecular complexity index is 955. The first-order chi connectivity index (χ1) is 15.1. The SMILES string of the molecule is CCCCCOC(=O)c1cccc(N2C(=O)[C@@H]3CC[C@@H](c4ccccc4)C[C@H]3C2=O)c1. The van der Waals surface area contributed by atoms with E-state index in [4.69, 9.17) is 4.74 Å². The summed E-state index contributed by atoms with van der Waals surface area (Å²) in [5.74, 6) is -0.977. The highest BCUT2D eigenvalue weighted by molar-refractivity contribution is 6.22. The molecule has 0 spiro atoms. The molecule has 1 saturated heterocycles. The molecule has 162 valence electrons. The van der Waals surface area contributed by atoms with E-state index in [0.717, 1.165) is 25.7 Å². The molecule has 0 radical (unpaired) electrons. The van der Waals surface area contributed by atoms with E-state index in [1.54, 1.807) is 24.3 Å². The highest BCUT2D eigenvalue weighted by Gasteiger charge is 2.50. The lowest BCUT2D eigenvalue weighted by Gasteiger charge is -2.28. The minimum atomic E-state index is -0.418. The molecule has 5 nitrogen and oxygen atoms in total. The predicted octanol–water partition coefficient (Wildman–Crippen LogP) is 5.11. The number of nitrogens with zero attached hydrogens (tertiary/aromatic N) is 1. The molecule has 0 N–H and O–H groups in total. The van der Waals surface area contributed by atoms with E-state index in [9.17, 15) is 14.4 Å². The van der Waals surface area contributed by atoms with Crippen molar-refractivity contribution in [2.45, 2.75) is 51.4 Å². The lowest BCUT2D eigenvalue weighted by atomic mass is 9.73. The van der Waals surface area contributed by atoms with Gasteiger partial charge in [0.1, 0.15) is 0 Å². The summed E-state index contributed by atoms with van der Waals surface area (Å²) < 4.78 is 5.33. The van der Waals surface area contributed by atoms with E-state index in [-0.39, 0.29) is 23.7 Å². The van der Waals surface area contributed by atoms with Crippen molar-refractivity contribution in [1.82, 2.24) is 0 Å². The first-order valence-electron chi connectivity index (χ1n) is 11.3. The number of ether oxygens (including phenoxy) is 1. The van der Waals surface area contributed by atoms with Crippen LogP contribution in [0.3, 0.4) is 0 Å². The number of carbonyl (C=O) groups is 3. The van der Waals surface area contributed by atoms with E-state index < -0.39 is 5.97 Å².